The van der Waals surface area contributed by atoms with Gasteiger partial charge in [0.15, 0.2) is 0 Å². The minimum atomic E-state index is -0.655. The number of piperidine rings is 1. The highest BCUT2D eigenvalue weighted by atomic mass is 16.2. The molecule has 3 aromatic rings. The normalized spacial score (nSPS) is 16.9. The van der Waals surface area contributed by atoms with Gasteiger partial charge in [-0.1, -0.05) is 49.4 Å². The smallest absolute Gasteiger partial charge is 0.317 e. The van der Waals surface area contributed by atoms with Crippen LogP contribution < -0.4 is 11.1 Å². The predicted molar refractivity (Wildman–Crippen MR) is 113 cm³/mol. The summed E-state index contributed by atoms with van der Waals surface area (Å²) in [6, 6.07) is 16.9. The molecule has 0 spiro atoms. The van der Waals surface area contributed by atoms with E-state index in [1.165, 1.54) is 9.13 Å². The standard InChI is InChI=1S/C23H25N3O3/c1-17-8-7-13-24(14-17)21(27)16-26-20-12-6-5-11-19(20)25(22(28)23(26)29)15-18-9-3-2-4-10-18/h2-6,9-12,17H,7-8,13-16H2,1H3/t17-/m0/s1. The van der Waals surface area contributed by atoms with E-state index < -0.39 is 11.1 Å². The summed E-state index contributed by atoms with van der Waals surface area (Å²) in [7, 11) is 0. The molecule has 0 radical (unpaired) electrons. The zero-order valence-corrected chi connectivity index (χ0v) is 16.6. The summed E-state index contributed by atoms with van der Waals surface area (Å²) in [6.07, 6.45) is 2.09. The third kappa shape index (κ3) is 3.88. The predicted octanol–water partition coefficient (Wildman–Crippen LogP) is 2.47. The summed E-state index contributed by atoms with van der Waals surface area (Å²) in [5.74, 6) is 0.351. The van der Waals surface area contributed by atoms with Gasteiger partial charge in [0.1, 0.15) is 6.54 Å². The Morgan fingerprint density at radius 1 is 0.931 bits per heavy atom. The van der Waals surface area contributed by atoms with Crippen molar-refractivity contribution >= 4 is 16.9 Å². The van der Waals surface area contributed by atoms with Gasteiger partial charge in [0.25, 0.3) is 0 Å². The van der Waals surface area contributed by atoms with Gasteiger partial charge in [-0.05, 0) is 36.5 Å². The van der Waals surface area contributed by atoms with Crippen molar-refractivity contribution < 1.29 is 4.79 Å². The van der Waals surface area contributed by atoms with Crippen LogP contribution in [0, 0.1) is 5.92 Å². The molecule has 4 rings (SSSR count). The lowest BCUT2D eigenvalue weighted by Gasteiger charge is -2.31. The maximum Gasteiger partial charge on any atom is 0.317 e. The van der Waals surface area contributed by atoms with E-state index in [0.29, 0.717) is 36.6 Å². The fourth-order valence-corrected chi connectivity index (χ4v) is 4.10. The second-order valence-corrected chi connectivity index (χ2v) is 7.84. The summed E-state index contributed by atoms with van der Waals surface area (Å²) < 4.78 is 2.83. The molecule has 0 bridgehead atoms. The highest BCUT2D eigenvalue weighted by Gasteiger charge is 2.23. The Bertz CT molecular complexity index is 1150. The Hall–Kier alpha value is -3.15. The average molecular weight is 391 g/mol. The first-order chi connectivity index (χ1) is 14.0. The zero-order valence-electron chi connectivity index (χ0n) is 16.6. The summed E-state index contributed by atoms with van der Waals surface area (Å²) >= 11 is 0. The molecule has 2 aromatic carbocycles. The molecule has 1 aliphatic rings. The molecule has 6 heteroatoms. The number of benzene rings is 2. The number of carbonyl (C=O) groups is 1. The van der Waals surface area contributed by atoms with E-state index in [4.69, 9.17) is 0 Å². The Morgan fingerprint density at radius 2 is 1.55 bits per heavy atom. The number of fused-ring (bicyclic) bond motifs is 1. The molecule has 0 aliphatic carbocycles. The summed E-state index contributed by atoms with van der Waals surface area (Å²) in [5, 5.41) is 0. The topological polar surface area (TPSA) is 64.3 Å². The minimum Gasteiger partial charge on any atom is -0.341 e. The fourth-order valence-electron chi connectivity index (χ4n) is 4.10. The van der Waals surface area contributed by atoms with Gasteiger partial charge in [-0.25, -0.2) is 0 Å². The SMILES string of the molecule is C[C@H]1CCCN(C(=O)Cn2c(=O)c(=O)n(Cc3ccccc3)c3ccccc32)C1. The van der Waals surface area contributed by atoms with E-state index in [1.54, 1.807) is 6.07 Å². The Kier molecular flexibility index (Phi) is 5.34. The number of hydrogen-bond acceptors (Lipinski definition) is 3. The van der Waals surface area contributed by atoms with Gasteiger partial charge in [-0.3, -0.25) is 23.5 Å². The number of amides is 1. The number of nitrogens with zero attached hydrogens (tertiary/aromatic N) is 3. The lowest BCUT2D eigenvalue weighted by Crippen LogP contribution is -2.46. The first-order valence-corrected chi connectivity index (χ1v) is 10.1. The highest BCUT2D eigenvalue weighted by Crippen LogP contribution is 2.17. The molecular formula is C23H25N3O3. The van der Waals surface area contributed by atoms with Crippen LogP contribution in [0.2, 0.25) is 0 Å². The van der Waals surface area contributed by atoms with Crippen molar-refractivity contribution in [3.05, 3.63) is 80.9 Å². The van der Waals surface area contributed by atoms with Crippen LogP contribution in [-0.4, -0.2) is 33.0 Å². The van der Waals surface area contributed by atoms with E-state index in [-0.39, 0.29) is 12.5 Å². The molecule has 1 amide bonds. The van der Waals surface area contributed by atoms with Crippen LogP contribution >= 0.6 is 0 Å². The van der Waals surface area contributed by atoms with E-state index >= 15 is 0 Å². The van der Waals surface area contributed by atoms with Crippen LogP contribution in [0.1, 0.15) is 25.3 Å². The van der Waals surface area contributed by atoms with Gasteiger partial charge in [-0.15, -0.1) is 0 Å². The van der Waals surface area contributed by atoms with Crippen molar-refractivity contribution in [2.75, 3.05) is 13.1 Å². The molecule has 0 saturated carbocycles. The largest absolute Gasteiger partial charge is 0.341 e. The van der Waals surface area contributed by atoms with Crippen molar-refractivity contribution in [2.45, 2.75) is 32.9 Å². The van der Waals surface area contributed by atoms with Crippen molar-refractivity contribution in [3.8, 4) is 0 Å². The number of rotatable bonds is 4. The molecule has 2 heterocycles. The highest BCUT2D eigenvalue weighted by molar-refractivity contribution is 5.80. The van der Waals surface area contributed by atoms with Crippen LogP contribution in [0.3, 0.4) is 0 Å². The molecule has 6 nitrogen and oxygen atoms in total. The van der Waals surface area contributed by atoms with Crippen molar-refractivity contribution in [1.29, 1.82) is 0 Å². The number of aromatic nitrogens is 2. The summed E-state index contributed by atoms with van der Waals surface area (Å²) in [6.45, 7) is 3.75. The van der Waals surface area contributed by atoms with Crippen molar-refractivity contribution in [3.63, 3.8) is 0 Å². The van der Waals surface area contributed by atoms with E-state index in [1.807, 2.05) is 53.4 Å². The Balaban J connectivity index is 1.75. The van der Waals surface area contributed by atoms with Gasteiger partial charge in [0.05, 0.1) is 17.6 Å². The van der Waals surface area contributed by atoms with Gasteiger partial charge < -0.3 is 4.90 Å². The Morgan fingerprint density at radius 3 is 2.24 bits per heavy atom. The fraction of sp³-hybridized carbons (Fsp3) is 0.348. The summed E-state index contributed by atoms with van der Waals surface area (Å²) in [4.78, 5) is 40.5. The van der Waals surface area contributed by atoms with Gasteiger partial charge in [-0.2, -0.15) is 0 Å². The van der Waals surface area contributed by atoms with Crippen molar-refractivity contribution in [2.24, 2.45) is 5.92 Å². The van der Waals surface area contributed by atoms with Crippen molar-refractivity contribution in [1.82, 2.24) is 14.0 Å². The quantitative estimate of drug-likeness (QED) is 0.642. The molecule has 1 aliphatic heterocycles. The van der Waals surface area contributed by atoms with Crippen LogP contribution in [0.4, 0.5) is 0 Å². The van der Waals surface area contributed by atoms with Crippen LogP contribution in [0.5, 0.6) is 0 Å². The minimum absolute atomic E-state index is 0.104. The third-order valence-corrected chi connectivity index (χ3v) is 5.62. The zero-order chi connectivity index (χ0) is 20.4. The lowest BCUT2D eigenvalue weighted by molar-refractivity contribution is -0.133. The lowest BCUT2D eigenvalue weighted by atomic mass is 10.0. The molecule has 0 unspecified atom stereocenters. The van der Waals surface area contributed by atoms with E-state index in [2.05, 4.69) is 6.92 Å². The maximum atomic E-state index is 12.9. The van der Waals surface area contributed by atoms with Gasteiger partial charge in [0, 0.05) is 13.1 Å². The third-order valence-electron chi connectivity index (χ3n) is 5.62. The van der Waals surface area contributed by atoms with Crippen LogP contribution in [-0.2, 0) is 17.9 Å². The number of likely N-dealkylation sites (tertiary alicyclic amines) is 1. The first kappa shape index (κ1) is 19.2. The molecule has 1 fully saturated rings. The molecular weight excluding hydrogens is 366 g/mol. The molecule has 1 saturated heterocycles. The summed E-state index contributed by atoms with van der Waals surface area (Å²) in [5.41, 5.74) is 0.938. The molecule has 1 atom stereocenters. The number of hydrogen-bond donors (Lipinski definition) is 0. The van der Waals surface area contributed by atoms with Crippen LogP contribution in [0.15, 0.2) is 64.2 Å². The first-order valence-electron chi connectivity index (χ1n) is 10.1. The van der Waals surface area contributed by atoms with Crippen LogP contribution in [0.25, 0.3) is 11.0 Å². The molecule has 1 aromatic heterocycles. The second kappa shape index (κ2) is 8.07. The Labute approximate surface area is 169 Å². The number of carbonyl (C=O) groups excluding carboxylic acids is 1. The van der Waals surface area contributed by atoms with E-state index in [9.17, 15) is 14.4 Å². The van der Waals surface area contributed by atoms with Gasteiger partial charge in [0.2, 0.25) is 5.91 Å². The molecule has 0 N–H and O–H groups in total. The maximum absolute atomic E-state index is 12.9. The molecule has 29 heavy (non-hydrogen) atoms. The van der Waals surface area contributed by atoms with E-state index in [0.717, 1.165) is 18.4 Å². The molecule has 150 valence electrons. The monoisotopic (exact) mass is 391 g/mol. The number of para-hydroxylation sites is 2. The second-order valence-electron chi connectivity index (χ2n) is 7.84. The van der Waals surface area contributed by atoms with Gasteiger partial charge >= 0.3 is 11.1 Å². The average Bonchev–Trinajstić information content (AvgIpc) is 2.75.